The molecule has 1 rings (SSSR count). The molecule has 0 N–H and O–H groups in total. The number of aryl methyl sites for hydroxylation is 1. The van der Waals surface area contributed by atoms with Crippen LogP contribution >= 0.6 is 22.9 Å². The number of ketones is 1. The summed E-state index contributed by atoms with van der Waals surface area (Å²) in [7, 11) is 0. The third kappa shape index (κ3) is 1.87. The number of hydrogen-bond acceptors (Lipinski definition) is 2. The molecule has 0 saturated carbocycles. The molecule has 0 bridgehead atoms. The van der Waals surface area contributed by atoms with Crippen molar-refractivity contribution in [1.82, 2.24) is 0 Å². The van der Waals surface area contributed by atoms with Crippen molar-refractivity contribution in [1.29, 1.82) is 0 Å². The van der Waals surface area contributed by atoms with E-state index >= 15 is 0 Å². The van der Waals surface area contributed by atoms with Gasteiger partial charge in [0.15, 0.2) is 5.78 Å². The minimum Gasteiger partial charge on any atom is -0.294 e. The molecule has 0 aromatic carbocycles. The number of carbonyl (C=O) groups is 1. The first-order valence-corrected chi connectivity index (χ1v) is 5.22. The van der Waals surface area contributed by atoms with Crippen molar-refractivity contribution in [3.63, 3.8) is 0 Å². The number of carbonyl (C=O) groups excluding carboxylic acids is 1. The molecule has 0 fully saturated rings. The zero-order valence-electron chi connectivity index (χ0n) is 7.19. The molecule has 12 heavy (non-hydrogen) atoms. The predicted octanol–water partition coefficient (Wildman–Crippen LogP) is 3.25. The zero-order valence-corrected chi connectivity index (χ0v) is 8.76. The van der Waals surface area contributed by atoms with Crippen molar-refractivity contribution in [2.24, 2.45) is 0 Å². The van der Waals surface area contributed by atoms with E-state index in [1.807, 2.05) is 6.07 Å². The Balaban J connectivity index is 3.05. The highest BCUT2D eigenvalue weighted by Gasteiger charge is 2.08. The summed E-state index contributed by atoms with van der Waals surface area (Å²) in [5, 5.41) is 0. The molecule has 0 atom stereocenters. The Morgan fingerprint density at radius 3 is 2.67 bits per heavy atom. The van der Waals surface area contributed by atoms with E-state index in [0.29, 0.717) is 5.88 Å². The van der Waals surface area contributed by atoms with Gasteiger partial charge in [0, 0.05) is 10.8 Å². The highest BCUT2D eigenvalue weighted by molar-refractivity contribution is 7.14. The molecule has 1 aromatic heterocycles. The maximum Gasteiger partial charge on any atom is 0.169 e. The average Bonchev–Trinajstić information content (AvgIpc) is 2.46. The highest BCUT2D eigenvalue weighted by Crippen LogP contribution is 2.24. The first-order chi connectivity index (χ1) is 5.69. The lowest BCUT2D eigenvalue weighted by atomic mass is 10.2. The number of hydrogen-bond donors (Lipinski definition) is 0. The smallest absolute Gasteiger partial charge is 0.169 e. The molecule has 0 aliphatic carbocycles. The van der Waals surface area contributed by atoms with Gasteiger partial charge in [-0.3, -0.25) is 4.79 Å². The van der Waals surface area contributed by atoms with Crippen molar-refractivity contribution >= 4 is 28.7 Å². The van der Waals surface area contributed by atoms with E-state index in [1.165, 1.54) is 4.88 Å². The van der Waals surface area contributed by atoms with Gasteiger partial charge in [-0.15, -0.1) is 22.9 Å². The van der Waals surface area contributed by atoms with Crippen molar-refractivity contribution in [2.75, 3.05) is 0 Å². The molecule has 66 valence electrons. The summed E-state index contributed by atoms with van der Waals surface area (Å²) in [5.41, 5.74) is 1.11. The molecular formula is C9H11ClOS. The average molecular weight is 203 g/mol. The van der Waals surface area contributed by atoms with E-state index in [2.05, 4.69) is 6.92 Å². The Morgan fingerprint density at radius 2 is 2.33 bits per heavy atom. The van der Waals surface area contributed by atoms with Crippen LogP contribution in [0.4, 0.5) is 0 Å². The monoisotopic (exact) mass is 202 g/mol. The van der Waals surface area contributed by atoms with Gasteiger partial charge in [-0.05, 0) is 25.0 Å². The summed E-state index contributed by atoms with van der Waals surface area (Å²) in [5.74, 6) is 0.638. The van der Waals surface area contributed by atoms with Crippen LogP contribution in [0, 0.1) is 0 Å². The van der Waals surface area contributed by atoms with Crippen LogP contribution < -0.4 is 0 Å². The normalized spacial score (nSPS) is 10.2. The minimum atomic E-state index is 0.131. The Bertz CT molecular complexity index is 269. The van der Waals surface area contributed by atoms with E-state index in [0.717, 1.165) is 16.9 Å². The molecule has 0 spiro atoms. The number of Topliss-reactive ketones (excluding diaryl/α,β-unsaturated/α-hetero) is 1. The fourth-order valence-corrected chi connectivity index (χ4v) is 2.39. The van der Waals surface area contributed by atoms with Crippen LogP contribution in [0.25, 0.3) is 0 Å². The van der Waals surface area contributed by atoms with Gasteiger partial charge in [-0.2, -0.15) is 0 Å². The van der Waals surface area contributed by atoms with Crippen LogP contribution in [0.3, 0.4) is 0 Å². The third-order valence-corrected chi connectivity index (χ3v) is 3.42. The van der Waals surface area contributed by atoms with Gasteiger partial charge in [0.1, 0.15) is 0 Å². The molecule has 0 radical (unpaired) electrons. The van der Waals surface area contributed by atoms with E-state index in [4.69, 9.17) is 11.6 Å². The van der Waals surface area contributed by atoms with Crippen LogP contribution in [0.2, 0.25) is 0 Å². The lowest BCUT2D eigenvalue weighted by molar-refractivity contribution is 0.102. The molecule has 0 aliphatic heterocycles. The van der Waals surface area contributed by atoms with Gasteiger partial charge < -0.3 is 0 Å². The summed E-state index contributed by atoms with van der Waals surface area (Å²) >= 11 is 7.28. The molecule has 1 heterocycles. The molecule has 0 saturated heterocycles. The van der Waals surface area contributed by atoms with Gasteiger partial charge in [0.05, 0.1) is 4.88 Å². The van der Waals surface area contributed by atoms with Crippen LogP contribution in [0.1, 0.15) is 34.0 Å². The highest BCUT2D eigenvalue weighted by atomic mass is 35.5. The van der Waals surface area contributed by atoms with Gasteiger partial charge in [0.25, 0.3) is 0 Å². The number of halogens is 1. The second-order valence-corrected chi connectivity index (χ2v) is 4.01. The van der Waals surface area contributed by atoms with Gasteiger partial charge >= 0.3 is 0 Å². The lowest BCUT2D eigenvalue weighted by Gasteiger charge is -1.91. The second kappa shape index (κ2) is 4.06. The van der Waals surface area contributed by atoms with Gasteiger partial charge in [-0.1, -0.05) is 6.92 Å². The number of alkyl halides is 1. The zero-order chi connectivity index (χ0) is 9.14. The Labute approximate surface area is 81.4 Å². The standard InChI is InChI=1S/C9H11ClOS/c1-3-8-7(5-10)4-9(12-8)6(2)11/h4H,3,5H2,1-2H3. The Kier molecular flexibility index (Phi) is 3.29. The molecule has 0 aliphatic rings. The van der Waals surface area contributed by atoms with Gasteiger partial charge in [0.2, 0.25) is 0 Å². The third-order valence-electron chi connectivity index (χ3n) is 1.71. The molecular weight excluding hydrogens is 192 g/mol. The fourth-order valence-electron chi connectivity index (χ4n) is 1.05. The maximum absolute atomic E-state index is 11.0. The lowest BCUT2D eigenvalue weighted by Crippen LogP contribution is -1.84. The topological polar surface area (TPSA) is 17.1 Å². The largest absolute Gasteiger partial charge is 0.294 e. The summed E-state index contributed by atoms with van der Waals surface area (Å²) < 4.78 is 0. The van der Waals surface area contributed by atoms with Crippen molar-refractivity contribution < 1.29 is 4.79 Å². The van der Waals surface area contributed by atoms with E-state index in [-0.39, 0.29) is 5.78 Å². The van der Waals surface area contributed by atoms with Crippen LogP contribution in [0.15, 0.2) is 6.07 Å². The second-order valence-electron chi connectivity index (χ2n) is 2.60. The van der Waals surface area contributed by atoms with Crippen molar-refractivity contribution in [2.45, 2.75) is 26.1 Å². The Morgan fingerprint density at radius 1 is 1.67 bits per heavy atom. The minimum absolute atomic E-state index is 0.131. The maximum atomic E-state index is 11.0. The van der Waals surface area contributed by atoms with Crippen LogP contribution in [0.5, 0.6) is 0 Å². The van der Waals surface area contributed by atoms with E-state index in [1.54, 1.807) is 18.3 Å². The predicted molar refractivity (Wildman–Crippen MR) is 53.3 cm³/mol. The van der Waals surface area contributed by atoms with Gasteiger partial charge in [-0.25, -0.2) is 0 Å². The molecule has 0 unspecified atom stereocenters. The van der Waals surface area contributed by atoms with Crippen LogP contribution in [-0.2, 0) is 12.3 Å². The van der Waals surface area contributed by atoms with E-state index in [9.17, 15) is 4.79 Å². The molecule has 3 heteroatoms. The van der Waals surface area contributed by atoms with Crippen molar-refractivity contribution in [3.05, 3.63) is 21.4 Å². The van der Waals surface area contributed by atoms with Crippen molar-refractivity contribution in [3.8, 4) is 0 Å². The summed E-state index contributed by atoms with van der Waals surface area (Å²) in [6.45, 7) is 3.66. The molecule has 0 amide bonds. The SMILES string of the molecule is CCc1sc(C(C)=O)cc1CCl. The molecule has 1 aromatic rings. The fraction of sp³-hybridized carbons (Fsp3) is 0.444. The number of thiophene rings is 1. The summed E-state index contributed by atoms with van der Waals surface area (Å²) in [6.07, 6.45) is 0.958. The first-order valence-electron chi connectivity index (χ1n) is 3.87. The van der Waals surface area contributed by atoms with Crippen LogP contribution in [-0.4, -0.2) is 5.78 Å². The number of rotatable bonds is 3. The summed E-state index contributed by atoms with van der Waals surface area (Å²) in [6, 6.07) is 1.90. The first kappa shape index (κ1) is 9.75. The van der Waals surface area contributed by atoms with E-state index < -0.39 is 0 Å². The quantitative estimate of drug-likeness (QED) is 0.543. The molecule has 1 nitrogen and oxygen atoms in total. The Hall–Kier alpha value is -0.340. The summed E-state index contributed by atoms with van der Waals surface area (Å²) in [4.78, 5) is 13.1.